The number of nitrogens with one attached hydrogen (secondary N) is 1. The molecule has 0 amide bonds. The Bertz CT molecular complexity index is 616. The molecule has 3 nitrogen and oxygen atoms in total. The molecule has 0 bridgehead atoms. The molecule has 0 saturated carbocycles. The Morgan fingerprint density at radius 3 is 2.24 bits per heavy atom. The highest BCUT2D eigenvalue weighted by molar-refractivity contribution is 14.1. The Hall–Kier alpha value is -0.790. The molecule has 1 N–H and O–H groups in total. The molecule has 0 saturated heterocycles. The topological polar surface area (TPSA) is 30.5 Å². The van der Waals surface area contributed by atoms with Gasteiger partial charge in [-0.15, -0.1) is 0 Å². The Morgan fingerprint density at radius 2 is 1.71 bits per heavy atom. The van der Waals surface area contributed by atoms with Gasteiger partial charge in [-0.25, -0.2) is 0 Å². The maximum atomic E-state index is 5.58. The van der Waals surface area contributed by atoms with Crippen molar-refractivity contribution in [2.75, 3.05) is 21.3 Å². The monoisotopic (exact) mass is 461 g/mol. The summed E-state index contributed by atoms with van der Waals surface area (Å²) in [5.74, 6) is 1.54. The maximum Gasteiger partial charge on any atom is 0.141 e. The van der Waals surface area contributed by atoms with E-state index in [1.807, 2.05) is 19.2 Å². The predicted molar refractivity (Wildman–Crippen MR) is 97.3 cm³/mol. The standard InChI is InChI=1S/C16H17BrINO2/c1-19-15(10-4-6-11(18)7-5-10)12-8-9-13(20-2)14(17)16(12)21-3/h4-9,15,19H,1-3H3. The molecule has 0 aliphatic heterocycles. The molecule has 1 atom stereocenters. The SMILES string of the molecule is CNC(c1ccc(I)cc1)c1ccc(OC)c(Br)c1OC. The first kappa shape index (κ1) is 16.6. The molecular weight excluding hydrogens is 445 g/mol. The molecule has 0 radical (unpaired) electrons. The average Bonchev–Trinajstić information content (AvgIpc) is 2.50. The van der Waals surface area contributed by atoms with Crippen molar-refractivity contribution < 1.29 is 9.47 Å². The van der Waals surface area contributed by atoms with Gasteiger partial charge in [-0.2, -0.15) is 0 Å². The van der Waals surface area contributed by atoms with Crippen LogP contribution < -0.4 is 14.8 Å². The van der Waals surface area contributed by atoms with Crippen LogP contribution in [0.1, 0.15) is 17.2 Å². The van der Waals surface area contributed by atoms with Crippen LogP contribution in [0.5, 0.6) is 11.5 Å². The quantitative estimate of drug-likeness (QED) is 0.670. The van der Waals surface area contributed by atoms with Gasteiger partial charge in [0.05, 0.1) is 20.3 Å². The highest BCUT2D eigenvalue weighted by Gasteiger charge is 2.20. The lowest BCUT2D eigenvalue weighted by Gasteiger charge is -2.21. The molecule has 2 aromatic rings. The zero-order chi connectivity index (χ0) is 15.4. The van der Waals surface area contributed by atoms with Gasteiger partial charge in [-0.05, 0) is 75.4 Å². The predicted octanol–water partition coefficient (Wildman–Crippen LogP) is 4.38. The van der Waals surface area contributed by atoms with Gasteiger partial charge in [0.2, 0.25) is 0 Å². The van der Waals surface area contributed by atoms with E-state index in [2.05, 4.69) is 68.1 Å². The number of ether oxygens (including phenoxy) is 2. The fourth-order valence-corrected chi connectivity index (χ4v) is 3.35. The lowest BCUT2D eigenvalue weighted by Crippen LogP contribution is -2.18. The van der Waals surface area contributed by atoms with Gasteiger partial charge in [-0.1, -0.05) is 12.1 Å². The van der Waals surface area contributed by atoms with Gasteiger partial charge in [0.25, 0.3) is 0 Å². The van der Waals surface area contributed by atoms with E-state index in [0.29, 0.717) is 0 Å². The summed E-state index contributed by atoms with van der Waals surface area (Å²) in [4.78, 5) is 0. The first-order valence-electron chi connectivity index (χ1n) is 6.45. The van der Waals surface area contributed by atoms with Crippen LogP contribution in [0.15, 0.2) is 40.9 Å². The first-order chi connectivity index (χ1) is 10.1. The minimum Gasteiger partial charge on any atom is -0.495 e. The van der Waals surface area contributed by atoms with Crippen molar-refractivity contribution in [2.45, 2.75) is 6.04 Å². The second-order valence-corrected chi connectivity index (χ2v) is 6.52. The van der Waals surface area contributed by atoms with E-state index >= 15 is 0 Å². The molecule has 0 fully saturated rings. The largest absolute Gasteiger partial charge is 0.495 e. The fraction of sp³-hybridized carbons (Fsp3) is 0.250. The highest BCUT2D eigenvalue weighted by Crippen LogP contribution is 2.41. The number of benzene rings is 2. The number of rotatable bonds is 5. The van der Waals surface area contributed by atoms with E-state index in [-0.39, 0.29) is 6.04 Å². The molecule has 0 heterocycles. The van der Waals surface area contributed by atoms with Crippen LogP contribution in [-0.2, 0) is 0 Å². The van der Waals surface area contributed by atoms with Crippen LogP contribution in [0, 0.1) is 3.57 Å². The van der Waals surface area contributed by atoms with Gasteiger partial charge in [0.15, 0.2) is 0 Å². The lowest BCUT2D eigenvalue weighted by atomic mass is 9.98. The Balaban J connectivity index is 2.52. The van der Waals surface area contributed by atoms with E-state index in [1.165, 1.54) is 9.13 Å². The molecule has 0 aliphatic rings. The third-order valence-electron chi connectivity index (χ3n) is 3.32. The van der Waals surface area contributed by atoms with Gasteiger partial charge < -0.3 is 14.8 Å². The summed E-state index contributed by atoms with van der Waals surface area (Å²) in [5, 5.41) is 3.35. The minimum atomic E-state index is 0.0548. The van der Waals surface area contributed by atoms with Crippen molar-refractivity contribution in [1.82, 2.24) is 5.32 Å². The summed E-state index contributed by atoms with van der Waals surface area (Å²) in [6.07, 6.45) is 0. The zero-order valence-electron chi connectivity index (χ0n) is 12.1. The number of halogens is 2. The van der Waals surface area contributed by atoms with Crippen molar-refractivity contribution in [2.24, 2.45) is 0 Å². The molecule has 21 heavy (non-hydrogen) atoms. The molecular formula is C16H17BrINO2. The zero-order valence-corrected chi connectivity index (χ0v) is 15.9. The molecule has 2 rings (SSSR count). The number of hydrogen-bond acceptors (Lipinski definition) is 3. The summed E-state index contributed by atoms with van der Waals surface area (Å²) in [6, 6.07) is 12.5. The molecule has 0 spiro atoms. The van der Waals surface area contributed by atoms with E-state index in [9.17, 15) is 0 Å². The van der Waals surface area contributed by atoms with Crippen molar-refractivity contribution in [3.8, 4) is 11.5 Å². The van der Waals surface area contributed by atoms with Crippen LogP contribution in [0.25, 0.3) is 0 Å². The van der Waals surface area contributed by atoms with Crippen molar-refractivity contribution in [3.05, 3.63) is 55.6 Å². The fourth-order valence-electron chi connectivity index (χ4n) is 2.30. The van der Waals surface area contributed by atoms with Gasteiger partial charge >= 0.3 is 0 Å². The van der Waals surface area contributed by atoms with Crippen LogP contribution in [0.3, 0.4) is 0 Å². The normalized spacial score (nSPS) is 12.0. The van der Waals surface area contributed by atoms with E-state index in [0.717, 1.165) is 21.5 Å². The minimum absolute atomic E-state index is 0.0548. The second kappa shape index (κ2) is 7.47. The van der Waals surface area contributed by atoms with Gasteiger partial charge in [0, 0.05) is 9.13 Å². The van der Waals surface area contributed by atoms with Crippen LogP contribution in [0.2, 0.25) is 0 Å². The summed E-state index contributed by atoms with van der Waals surface area (Å²) in [5.41, 5.74) is 2.25. The Labute approximate surface area is 147 Å². The third kappa shape index (κ3) is 3.52. The van der Waals surface area contributed by atoms with Gasteiger partial charge in [0.1, 0.15) is 16.0 Å². The van der Waals surface area contributed by atoms with E-state index in [1.54, 1.807) is 14.2 Å². The molecule has 0 aliphatic carbocycles. The third-order valence-corrected chi connectivity index (χ3v) is 4.79. The maximum absolute atomic E-state index is 5.58. The highest BCUT2D eigenvalue weighted by atomic mass is 127. The number of hydrogen-bond donors (Lipinski definition) is 1. The molecule has 5 heteroatoms. The smallest absolute Gasteiger partial charge is 0.141 e. The van der Waals surface area contributed by atoms with E-state index in [4.69, 9.17) is 9.47 Å². The summed E-state index contributed by atoms with van der Waals surface area (Å²) in [7, 11) is 5.26. The lowest BCUT2D eigenvalue weighted by molar-refractivity contribution is 0.383. The number of methoxy groups -OCH3 is 2. The summed E-state index contributed by atoms with van der Waals surface area (Å²) >= 11 is 5.86. The van der Waals surface area contributed by atoms with Crippen molar-refractivity contribution in [3.63, 3.8) is 0 Å². The van der Waals surface area contributed by atoms with Crippen molar-refractivity contribution >= 4 is 38.5 Å². The first-order valence-corrected chi connectivity index (χ1v) is 8.32. The second-order valence-electron chi connectivity index (χ2n) is 4.48. The Kier molecular flexibility index (Phi) is 5.89. The molecule has 1 unspecified atom stereocenters. The molecule has 2 aromatic carbocycles. The molecule has 112 valence electrons. The van der Waals surface area contributed by atoms with E-state index < -0.39 is 0 Å². The Morgan fingerprint density at radius 1 is 1.05 bits per heavy atom. The molecule has 0 aromatic heterocycles. The van der Waals surface area contributed by atoms with Crippen LogP contribution >= 0.6 is 38.5 Å². The summed E-state index contributed by atoms with van der Waals surface area (Å²) in [6.45, 7) is 0. The average molecular weight is 462 g/mol. The van der Waals surface area contributed by atoms with Crippen LogP contribution in [0.4, 0.5) is 0 Å². The van der Waals surface area contributed by atoms with Crippen LogP contribution in [-0.4, -0.2) is 21.3 Å². The van der Waals surface area contributed by atoms with Crippen molar-refractivity contribution in [1.29, 1.82) is 0 Å². The van der Waals surface area contributed by atoms with Gasteiger partial charge in [-0.3, -0.25) is 0 Å². The summed E-state index contributed by atoms with van der Waals surface area (Å²) < 4.78 is 13.0.